The van der Waals surface area contributed by atoms with E-state index >= 15 is 0 Å². The highest BCUT2D eigenvalue weighted by molar-refractivity contribution is 6.04. The van der Waals surface area contributed by atoms with Crippen LogP contribution in [0.1, 0.15) is 26.5 Å². The number of carbonyl (C=O) groups is 2. The van der Waals surface area contributed by atoms with Crippen LogP contribution in [0.4, 0.5) is 5.69 Å². The van der Waals surface area contributed by atoms with Crippen LogP contribution in [0.25, 0.3) is 0 Å². The summed E-state index contributed by atoms with van der Waals surface area (Å²) < 4.78 is 0. The van der Waals surface area contributed by atoms with E-state index in [0.29, 0.717) is 5.69 Å². The molecule has 0 spiro atoms. The highest BCUT2D eigenvalue weighted by Crippen LogP contribution is 2.13. The van der Waals surface area contributed by atoms with Gasteiger partial charge in [-0.15, -0.1) is 0 Å². The van der Waals surface area contributed by atoms with Gasteiger partial charge in [-0.05, 0) is 30.7 Å². The number of carbonyl (C=O) groups excluding carboxylic acids is 2. The molecule has 0 fully saturated rings. The van der Waals surface area contributed by atoms with Gasteiger partial charge >= 0.3 is 0 Å². The minimum absolute atomic E-state index is 0.183. The smallest absolute Gasteiger partial charge is 0.274 e. The first kappa shape index (κ1) is 13.7. The predicted molar refractivity (Wildman–Crippen MR) is 74.6 cm³/mol. The molecule has 6 nitrogen and oxygen atoms in total. The second kappa shape index (κ2) is 5.92. The van der Waals surface area contributed by atoms with Gasteiger partial charge in [-0.1, -0.05) is 6.07 Å². The topological polar surface area (TPSA) is 84.0 Å². The SMILES string of the molecule is CNC(=O)c1cccc(C(=O)Nc2ccncc2C)n1. The van der Waals surface area contributed by atoms with E-state index in [1.165, 1.54) is 7.05 Å². The zero-order valence-corrected chi connectivity index (χ0v) is 11.2. The molecule has 2 aromatic heterocycles. The van der Waals surface area contributed by atoms with Gasteiger partial charge in [0, 0.05) is 25.1 Å². The maximum absolute atomic E-state index is 12.1. The molecule has 2 rings (SSSR count). The maximum Gasteiger partial charge on any atom is 0.274 e. The van der Waals surface area contributed by atoms with E-state index in [1.54, 1.807) is 36.7 Å². The molecule has 6 heteroatoms. The average Bonchev–Trinajstić information content (AvgIpc) is 2.49. The lowest BCUT2D eigenvalue weighted by molar-refractivity contribution is 0.0958. The van der Waals surface area contributed by atoms with E-state index < -0.39 is 0 Å². The third kappa shape index (κ3) is 2.97. The molecule has 0 aliphatic carbocycles. The number of nitrogens with one attached hydrogen (secondary N) is 2. The van der Waals surface area contributed by atoms with Crippen molar-refractivity contribution in [2.24, 2.45) is 0 Å². The number of anilines is 1. The van der Waals surface area contributed by atoms with Crippen LogP contribution in [0, 0.1) is 6.92 Å². The Hall–Kier alpha value is -2.76. The van der Waals surface area contributed by atoms with E-state index in [1.807, 2.05) is 6.92 Å². The zero-order chi connectivity index (χ0) is 14.5. The van der Waals surface area contributed by atoms with Crippen molar-refractivity contribution in [3.8, 4) is 0 Å². The second-order valence-corrected chi connectivity index (χ2v) is 4.13. The Balaban J connectivity index is 2.22. The van der Waals surface area contributed by atoms with Crippen LogP contribution >= 0.6 is 0 Å². The predicted octanol–water partition coefficient (Wildman–Crippen LogP) is 1.40. The summed E-state index contributed by atoms with van der Waals surface area (Å²) in [4.78, 5) is 31.6. The fourth-order valence-electron chi connectivity index (χ4n) is 1.62. The fourth-order valence-corrected chi connectivity index (χ4v) is 1.62. The molecule has 2 heterocycles. The van der Waals surface area contributed by atoms with Crippen LogP contribution in [0.5, 0.6) is 0 Å². The van der Waals surface area contributed by atoms with Gasteiger partial charge in [0.15, 0.2) is 0 Å². The first-order valence-electron chi connectivity index (χ1n) is 6.03. The Morgan fingerprint density at radius 1 is 1.10 bits per heavy atom. The Bertz CT molecular complexity index is 655. The van der Waals surface area contributed by atoms with Gasteiger partial charge in [0.1, 0.15) is 11.4 Å². The molecule has 2 amide bonds. The van der Waals surface area contributed by atoms with E-state index in [4.69, 9.17) is 0 Å². The molecule has 0 aliphatic heterocycles. The van der Waals surface area contributed by atoms with Crippen molar-refractivity contribution in [2.45, 2.75) is 6.92 Å². The summed E-state index contributed by atoms with van der Waals surface area (Å²) in [6, 6.07) is 6.42. The van der Waals surface area contributed by atoms with Crippen LogP contribution in [0.3, 0.4) is 0 Å². The lowest BCUT2D eigenvalue weighted by atomic mass is 10.2. The fraction of sp³-hybridized carbons (Fsp3) is 0.143. The summed E-state index contributed by atoms with van der Waals surface area (Å²) in [6.07, 6.45) is 3.25. The van der Waals surface area contributed by atoms with Crippen molar-refractivity contribution in [1.29, 1.82) is 0 Å². The molecule has 0 unspecified atom stereocenters. The van der Waals surface area contributed by atoms with Gasteiger partial charge in [0.05, 0.1) is 0 Å². The summed E-state index contributed by atoms with van der Waals surface area (Å²) >= 11 is 0. The molecule has 0 aromatic carbocycles. The molecule has 20 heavy (non-hydrogen) atoms. The largest absolute Gasteiger partial charge is 0.354 e. The molecule has 0 aliphatic rings. The number of hydrogen-bond donors (Lipinski definition) is 2. The average molecular weight is 270 g/mol. The normalized spacial score (nSPS) is 9.90. The van der Waals surface area contributed by atoms with Crippen LogP contribution in [0.15, 0.2) is 36.7 Å². The molecule has 0 saturated carbocycles. The number of pyridine rings is 2. The number of nitrogens with zero attached hydrogens (tertiary/aromatic N) is 2. The Morgan fingerprint density at radius 3 is 2.45 bits per heavy atom. The second-order valence-electron chi connectivity index (χ2n) is 4.13. The van der Waals surface area contributed by atoms with Crippen LogP contribution in [0.2, 0.25) is 0 Å². The van der Waals surface area contributed by atoms with Crippen molar-refractivity contribution in [3.05, 3.63) is 53.6 Å². The molecule has 0 radical (unpaired) electrons. The van der Waals surface area contributed by atoms with Crippen molar-refractivity contribution in [2.75, 3.05) is 12.4 Å². The standard InChI is InChI=1S/C14H14N4O2/c1-9-8-16-7-6-10(9)18-14(20)12-5-3-4-11(17-12)13(19)15-2/h3-8H,1-2H3,(H,15,19)(H,16,18,20). The molecule has 2 aromatic rings. The Morgan fingerprint density at radius 2 is 1.80 bits per heavy atom. The van der Waals surface area contributed by atoms with Gasteiger partial charge in [-0.25, -0.2) is 4.98 Å². The molecule has 2 N–H and O–H groups in total. The number of hydrogen-bond acceptors (Lipinski definition) is 4. The van der Waals surface area contributed by atoms with Gasteiger partial charge in [-0.2, -0.15) is 0 Å². The molecular weight excluding hydrogens is 256 g/mol. The van der Waals surface area contributed by atoms with Crippen molar-refractivity contribution >= 4 is 17.5 Å². The minimum Gasteiger partial charge on any atom is -0.354 e. The third-order valence-corrected chi connectivity index (χ3v) is 2.71. The summed E-state index contributed by atoms with van der Waals surface area (Å²) in [5, 5.41) is 5.20. The summed E-state index contributed by atoms with van der Waals surface area (Å²) in [7, 11) is 1.51. The number of aryl methyl sites for hydroxylation is 1. The molecule has 102 valence electrons. The first-order chi connectivity index (χ1) is 9.61. The molecule has 0 atom stereocenters. The summed E-state index contributed by atoms with van der Waals surface area (Å²) in [6.45, 7) is 1.84. The highest BCUT2D eigenvalue weighted by Gasteiger charge is 2.12. The monoisotopic (exact) mass is 270 g/mol. The highest BCUT2D eigenvalue weighted by atomic mass is 16.2. The van der Waals surface area contributed by atoms with E-state index in [-0.39, 0.29) is 23.2 Å². The van der Waals surface area contributed by atoms with Crippen molar-refractivity contribution in [3.63, 3.8) is 0 Å². The van der Waals surface area contributed by atoms with Crippen molar-refractivity contribution in [1.82, 2.24) is 15.3 Å². The van der Waals surface area contributed by atoms with E-state index in [2.05, 4.69) is 20.6 Å². The zero-order valence-electron chi connectivity index (χ0n) is 11.2. The van der Waals surface area contributed by atoms with Gasteiger partial charge in [-0.3, -0.25) is 14.6 Å². The molecular formula is C14H14N4O2. The van der Waals surface area contributed by atoms with Gasteiger partial charge in [0.2, 0.25) is 0 Å². The quantitative estimate of drug-likeness (QED) is 0.883. The maximum atomic E-state index is 12.1. The van der Waals surface area contributed by atoms with Gasteiger partial charge in [0.25, 0.3) is 11.8 Å². The third-order valence-electron chi connectivity index (χ3n) is 2.71. The van der Waals surface area contributed by atoms with E-state index in [9.17, 15) is 9.59 Å². The van der Waals surface area contributed by atoms with Gasteiger partial charge < -0.3 is 10.6 Å². The summed E-state index contributed by atoms with van der Waals surface area (Å²) in [5.41, 5.74) is 1.90. The van der Waals surface area contributed by atoms with Crippen LogP contribution in [-0.4, -0.2) is 28.8 Å². The lowest BCUT2D eigenvalue weighted by Crippen LogP contribution is -2.21. The summed E-state index contributed by atoms with van der Waals surface area (Å²) in [5.74, 6) is -0.704. The molecule has 0 saturated heterocycles. The van der Waals surface area contributed by atoms with Crippen molar-refractivity contribution < 1.29 is 9.59 Å². The lowest BCUT2D eigenvalue weighted by Gasteiger charge is -2.07. The number of rotatable bonds is 3. The number of aromatic nitrogens is 2. The number of amides is 2. The minimum atomic E-state index is -0.370. The van der Waals surface area contributed by atoms with Crippen LogP contribution < -0.4 is 10.6 Å². The Labute approximate surface area is 116 Å². The van der Waals surface area contributed by atoms with Crippen LogP contribution in [-0.2, 0) is 0 Å². The molecule has 0 bridgehead atoms. The first-order valence-corrected chi connectivity index (χ1v) is 6.03. The Kier molecular flexibility index (Phi) is 4.05. The van der Waals surface area contributed by atoms with E-state index in [0.717, 1.165) is 5.56 Å².